The van der Waals surface area contributed by atoms with Gasteiger partial charge in [0.1, 0.15) is 11.7 Å². The zero-order valence-electron chi connectivity index (χ0n) is 12.7. The molecule has 124 valence electrons. The van der Waals surface area contributed by atoms with Crippen molar-refractivity contribution in [2.24, 2.45) is 0 Å². The van der Waals surface area contributed by atoms with E-state index >= 15 is 0 Å². The van der Waals surface area contributed by atoms with Crippen LogP contribution in [0.15, 0.2) is 6.07 Å². The van der Waals surface area contributed by atoms with Crippen LogP contribution in [0.1, 0.15) is 21.7 Å². The van der Waals surface area contributed by atoms with Crippen LogP contribution in [0.2, 0.25) is 0 Å². The third kappa shape index (κ3) is 4.01. The Kier molecular flexibility index (Phi) is 5.12. The van der Waals surface area contributed by atoms with E-state index in [0.29, 0.717) is 31.9 Å². The lowest BCUT2D eigenvalue weighted by atomic mass is 10.2. The van der Waals surface area contributed by atoms with Crippen molar-refractivity contribution in [2.75, 3.05) is 32.7 Å². The van der Waals surface area contributed by atoms with Gasteiger partial charge in [-0.15, -0.1) is 0 Å². The molecule has 0 aromatic carbocycles. The molecule has 2 rings (SSSR count). The van der Waals surface area contributed by atoms with E-state index in [-0.39, 0.29) is 0 Å². The van der Waals surface area contributed by atoms with Gasteiger partial charge in [-0.2, -0.15) is 13.2 Å². The van der Waals surface area contributed by atoms with Gasteiger partial charge in [0.05, 0.1) is 0 Å². The molecule has 1 amide bonds. The van der Waals surface area contributed by atoms with Gasteiger partial charge in [-0.05, 0) is 25.5 Å². The second-order valence-corrected chi connectivity index (χ2v) is 5.56. The van der Waals surface area contributed by atoms with Crippen LogP contribution < -0.4 is 10.6 Å². The monoisotopic (exact) mass is 318 g/mol. The first kappa shape index (κ1) is 16.8. The maximum absolute atomic E-state index is 13.2. The molecule has 22 heavy (non-hydrogen) atoms. The Morgan fingerprint density at radius 2 is 2.00 bits per heavy atom. The number of aryl methyl sites for hydroxylation is 2. The molecule has 1 unspecified atom stereocenters. The normalized spacial score (nSPS) is 18.2. The van der Waals surface area contributed by atoms with E-state index < -0.39 is 24.7 Å². The van der Waals surface area contributed by atoms with E-state index in [1.54, 1.807) is 19.9 Å². The van der Waals surface area contributed by atoms with Crippen molar-refractivity contribution < 1.29 is 18.0 Å². The highest BCUT2D eigenvalue weighted by molar-refractivity contribution is 5.94. The van der Waals surface area contributed by atoms with Gasteiger partial charge < -0.3 is 15.6 Å². The largest absolute Gasteiger partial charge is 0.405 e. The summed E-state index contributed by atoms with van der Waals surface area (Å²) in [5, 5.41) is 5.43. The first-order chi connectivity index (χ1) is 10.3. The van der Waals surface area contributed by atoms with Crippen molar-refractivity contribution in [1.82, 2.24) is 20.5 Å². The highest BCUT2D eigenvalue weighted by Gasteiger charge is 2.43. The molecule has 1 atom stereocenters. The Hall–Kier alpha value is -1.54. The van der Waals surface area contributed by atoms with Crippen LogP contribution in [0.4, 0.5) is 13.2 Å². The number of piperazine rings is 1. The van der Waals surface area contributed by atoms with Crippen molar-refractivity contribution in [3.63, 3.8) is 0 Å². The highest BCUT2D eigenvalue weighted by atomic mass is 19.4. The molecule has 0 bridgehead atoms. The summed E-state index contributed by atoms with van der Waals surface area (Å²) in [7, 11) is 0. The fourth-order valence-corrected chi connectivity index (χ4v) is 2.69. The summed E-state index contributed by atoms with van der Waals surface area (Å²) in [6, 6.07) is 0.127. The van der Waals surface area contributed by atoms with E-state index in [1.807, 2.05) is 0 Å². The zero-order valence-corrected chi connectivity index (χ0v) is 12.7. The SMILES string of the molecule is Cc1cc(C)c(C(=O)NCC(N2CCNCC2)C(F)(F)F)[nH]1. The quantitative estimate of drug-likeness (QED) is 0.782. The number of hydrogen-bond acceptors (Lipinski definition) is 3. The van der Waals surface area contributed by atoms with Crippen LogP contribution in [0, 0.1) is 13.8 Å². The van der Waals surface area contributed by atoms with Gasteiger partial charge in [-0.3, -0.25) is 9.69 Å². The van der Waals surface area contributed by atoms with E-state index in [0.717, 1.165) is 11.3 Å². The number of nitrogens with zero attached hydrogens (tertiary/aromatic N) is 1. The molecule has 8 heteroatoms. The summed E-state index contributed by atoms with van der Waals surface area (Å²) in [5.41, 5.74) is 1.84. The fourth-order valence-electron chi connectivity index (χ4n) is 2.69. The molecule has 0 radical (unpaired) electrons. The molecule has 1 fully saturated rings. The predicted octanol–water partition coefficient (Wildman–Crippen LogP) is 1.20. The maximum atomic E-state index is 13.2. The molecule has 1 saturated heterocycles. The number of amides is 1. The number of rotatable bonds is 4. The lowest BCUT2D eigenvalue weighted by Gasteiger charge is -2.35. The van der Waals surface area contributed by atoms with Gasteiger partial charge in [-0.1, -0.05) is 0 Å². The average Bonchev–Trinajstić information content (AvgIpc) is 2.77. The molecule has 0 aliphatic carbocycles. The number of aromatic amines is 1. The lowest BCUT2D eigenvalue weighted by molar-refractivity contribution is -0.183. The predicted molar refractivity (Wildman–Crippen MR) is 76.9 cm³/mol. The third-order valence-corrected chi connectivity index (χ3v) is 3.80. The van der Waals surface area contributed by atoms with Crippen molar-refractivity contribution in [1.29, 1.82) is 0 Å². The molecular formula is C14H21F3N4O. The number of H-pyrrole nitrogens is 1. The van der Waals surface area contributed by atoms with Gasteiger partial charge in [0.2, 0.25) is 0 Å². The van der Waals surface area contributed by atoms with Crippen molar-refractivity contribution in [3.05, 3.63) is 23.0 Å². The van der Waals surface area contributed by atoms with E-state index in [1.165, 1.54) is 4.90 Å². The Labute approximate surface area is 127 Å². The van der Waals surface area contributed by atoms with Crippen LogP contribution in [0.25, 0.3) is 0 Å². The summed E-state index contributed by atoms with van der Waals surface area (Å²) in [6.07, 6.45) is -4.37. The number of carbonyl (C=O) groups excluding carboxylic acids is 1. The maximum Gasteiger partial charge on any atom is 0.405 e. The van der Waals surface area contributed by atoms with Gasteiger partial charge in [0, 0.05) is 38.4 Å². The second-order valence-electron chi connectivity index (χ2n) is 5.56. The Bertz CT molecular complexity index is 521. The Balaban J connectivity index is 2.01. The third-order valence-electron chi connectivity index (χ3n) is 3.80. The number of carbonyl (C=O) groups is 1. The average molecular weight is 318 g/mol. The second kappa shape index (κ2) is 6.70. The van der Waals surface area contributed by atoms with Crippen LogP contribution in [-0.4, -0.2) is 60.7 Å². The minimum Gasteiger partial charge on any atom is -0.354 e. The van der Waals surface area contributed by atoms with Gasteiger partial charge in [-0.25, -0.2) is 0 Å². The van der Waals surface area contributed by atoms with Gasteiger partial charge in [0.25, 0.3) is 5.91 Å². The van der Waals surface area contributed by atoms with Crippen LogP contribution in [-0.2, 0) is 0 Å². The molecule has 5 nitrogen and oxygen atoms in total. The van der Waals surface area contributed by atoms with Crippen molar-refractivity contribution in [3.8, 4) is 0 Å². The molecule has 0 spiro atoms. The summed E-state index contributed by atoms with van der Waals surface area (Å²) < 4.78 is 39.7. The zero-order chi connectivity index (χ0) is 16.3. The molecule has 1 aliphatic heterocycles. The van der Waals surface area contributed by atoms with Crippen LogP contribution in [0.3, 0.4) is 0 Å². The summed E-state index contributed by atoms with van der Waals surface area (Å²) in [6.45, 7) is 4.78. The smallest absolute Gasteiger partial charge is 0.354 e. The number of alkyl halides is 3. The van der Waals surface area contributed by atoms with Crippen molar-refractivity contribution >= 4 is 5.91 Å². The Morgan fingerprint density at radius 1 is 1.36 bits per heavy atom. The highest BCUT2D eigenvalue weighted by Crippen LogP contribution is 2.25. The Morgan fingerprint density at radius 3 is 2.50 bits per heavy atom. The number of nitrogens with one attached hydrogen (secondary N) is 3. The summed E-state index contributed by atoms with van der Waals surface area (Å²) in [5.74, 6) is -0.505. The standard InChI is InChI=1S/C14H21F3N4O/c1-9-7-10(2)20-12(9)13(22)19-8-11(14(15,16)17)21-5-3-18-4-6-21/h7,11,18,20H,3-6,8H2,1-2H3,(H,19,22). The molecule has 3 N–H and O–H groups in total. The molecular weight excluding hydrogens is 297 g/mol. The fraction of sp³-hybridized carbons (Fsp3) is 0.643. The van der Waals surface area contributed by atoms with Crippen LogP contribution in [0.5, 0.6) is 0 Å². The summed E-state index contributed by atoms with van der Waals surface area (Å²) in [4.78, 5) is 16.3. The first-order valence-corrected chi connectivity index (χ1v) is 7.25. The lowest BCUT2D eigenvalue weighted by Crippen LogP contribution is -2.57. The van der Waals surface area contributed by atoms with Crippen molar-refractivity contribution in [2.45, 2.75) is 26.1 Å². The minimum atomic E-state index is -4.37. The van der Waals surface area contributed by atoms with Gasteiger partial charge >= 0.3 is 6.18 Å². The minimum absolute atomic E-state index is 0.318. The van der Waals surface area contributed by atoms with E-state index in [2.05, 4.69) is 15.6 Å². The number of aromatic nitrogens is 1. The summed E-state index contributed by atoms with van der Waals surface area (Å²) >= 11 is 0. The number of hydrogen-bond donors (Lipinski definition) is 3. The molecule has 1 aromatic heterocycles. The van der Waals surface area contributed by atoms with Gasteiger partial charge in [0.15, 0.2) is 0 Å². The first-order valence-electron chi connectivity index (χ1n) is 7.25. The molecule has 0 saturated carbocycles. The van der Waals surface area contributed by atoms with E-state index in [9.17, 15) is 18.0 Å². The molecule has 2 heterocycles. The number of halogens is 3. The molecule has 1 aromatic rings. The topological polar surface area (TPSA) is 60.2 Å². The van der Waals surface area contributed by atoms with Crippen LogP contribution >= 0.6 is 0 Å². The molecule has 1 aliphatic rings. The van der Waals surface area contributed by atoms with E-state index in [4.69, 9.17) is 0 Å².